The van der Waals surface area contributed by atoms with Crippen LogP contribution in [-0.4, -0.2) is 14.2 Å². The smallest absolute Gasteiger partial charge is 0.182 e. The van der Waals surface area contributed by atoms with Gasteiger partial charge >= 0.3 is 0 Å². The van der Waals surface area contributed by atoms with Crippen molar-refractivity contribution in [3.8, 4) is 0 Å². The normalized spacial score (nSPS) is 11.3. The Morgan fingerprint density at radius 2 is 1.82 bits per heavy atom. The second-order valence-corrected chi connectivity index (χ2v) is 6.59. The maximum atomic E-state index is 12.1. The average molecular weight is 264 g/mol. The van der Waals surface area contributed by atoms with Crippen molar-refractivity contribution < 1.29 is 8.42 Å². The summed E-state index contributed by atoms with van der Waals surface area (Å²) in [6.07, 6.45) is 0. The van der Waals surface area contributed by atoms with Gasteiger partial charge < -0.3 is 0 Å². The van der Waals surface area contributed by atoms with Gasteiger partial charge in [0.05, 0.1) is 10.6 Å². The lowest BCUT2D eigenvalue weighted by Gasteiger charge is -2.05. The minimum absolute atomic E-state index is 0.0302. The molecule has 0 radical (unpaired) electrons. The summed E-state index contributed by atoms with van der Waals surface area (Å²) in [6, 6.07) is 12.2. The van der Waals surface area contributed by atoms with Crippen molar-refractivity contribution in [2.75, 3.05) is 5.75 Å². The first-order valence-electron chi connectivity index (χ1n) is 5.09. The lowest BCUT2D eigenvalue weighted by Crippen LogP contribution is -2.07. The summed E-state index contributed by atoms with van der Waals surface area (Å²) in [5.74, 6) is -0.0302. The fourth-order valence-electron chi connectivity index (χ4n) is 1.49. The molecule has 1 heterocycles. The molecule has 0 spiro atoms. The van der Waals surface area contributed by atoms with Gasteiger partial charge in [-0.15, -0.1) is 11.3 Å². The van der Waals surface area contributed by atoms with E-state index >= 15 is 0 Å². The van der Waals surface area contributed by atoms with Crippen LogP contribution in [0.1, 0.15) is 4.88 Å². The van der Waals surface area contributed by atoms with Crippen molar-refractivity contribution in [1.29, 1.82) is 0 Å². The Balaban J connectivity index is 2.22. The van der Waals surface area contributed by atoms with Gasteiger partial charge in [-0.05, 0) is 29.2 Å². The summed E-state index contributed by atoms with van der Waals surface area (Å²) >= 11 is 1.50. The summed E-state index contributed by atoms with van der Waals surface area (Å²) in [5, 5.41) is 1.91. The molecule has 0 saturated carbocycles. The van der Waals surface area contributed by atoms with E-state index in [9.17, 15) is 8.42 Å². The summed E-state index contributed by atoms with van der Waals surface area (Å²) in [5.41, 5.74) is 0.642. The van der Waals surface area contributed by atoms with Gasteiger partial charge in [-0.1, -0.05) is 30.8 Å². The van der Waals surface area contributed by atoms with E-state index in [0.29, 0.717) is 10.5 Å². The molecule has 0 saturated heterocycles. The van der Waals surface area contributed by atoms with E-state index in [-0.39, 0.29) is 5.75 Å². The average Bonchev–Trinajstić information content (AvgIpc) is 2.83. The molecule has 0 aliphatic carbocycles. The summed E-state index contributed by atoms with van der Waals surface area (Å²) in [6.45, 7) is 3.84. The van der Waals surface area contributed by atoms with Crippen molar-refractivity contribution >= 4 is 26.7 Å². The third kappa shape index (κ3) is 2.84. The van der Waals surface area contributed by atoms with E-state index in [1.807, 2.05) is 17.5 Å². The number of rotatable bonds is 4. The van der Waals surface area contributed by atoms with Crippen LogP contribution in [-0.2, 0) is 9.84 Å². The minimum Gasteiger partial charge on any atom is -0.223 e. The maximum Gasteiger partial charge on any atom is 0.182 e. The van der Waals surface area contributed by atoms with E-state index < -0.39 is 9.84 Å². The fraction of sp³-hybridized carbons (Fsp3) is 0.0769. The highest BCUT2D eigenvalue weighted by Crippen LogP contribution is 2.22. The molecule has 0 atom stereocenters. The zero-order chi connectivity index (χ0) is 12.3. The van der Waals surface area contributed by atoms with Gasteiger partial charge in [0, 0.05) is 4.88 Å². The highest BCUT2D eigenvalue weighted by atomic mass is 32.2. The van der Waals surface area contributed by atoms with E-state index in [1.165, 1.54) is 11.3 Å². The lowest BCUT2D eigenvalue weighted by atomic mass is 10.3. The molecule has 2 rings (SSSR count). The second kappa shape index (κ2) is 4.85. The predicted octanol–water partition coefficient (Wildman–Crippen LogP) is 3.24. The van der Waals surface area contributed by atoms with Crippen LogP contribution in [0.4, 0.5) is 0 Å². The van der Waals surface area contributed by atoms with Crippen LogP contribution >= 0.6 is 11.3 Å². The molecule has 0 aliphatic heterocycles. The molecule has 2 nitrogen and oxygen atoms in total. The van der Waals surface area contributed by atoms with Crippen LogP contribution in [0.2, 0.25) is 0 Å². The fourth-order valence-corrected chi connectivity index (χ4v) is 3.64. The predicted molar refractivity (Wildman–Crippen MR) is 71.8 cm³/mol. The van der Waals surface area contributed by atoms with Crippen molar-refractivity contribution in [2.45, 2.75) is 4.90 Å². The first-order valence-corrected chi connectivity index (χ1v) is 7.62. The zero-order valence-corrected chi connectivity index (χ0v) is 10.8. The third-order valence-corrected chi connectivity index (χ3v) is 5.03. The molecule has 88 valence electrons. The minimum atomic E-state index is -3.28. The Morgan fingerprint density at radius 1 is 1.12 bits per heavy atom. The number of benzene rings is 1. The largest absolute Gasteiger partial charge is 0.223 e. The molecule has 0 bridgehead atoms. The van der Waals surface area contributed by atoms with Gasteiger partial charge in [0.25, 0.3) is 0 Å². The molecule has 0 aliphatic rings. The molecule has 17 heavy (non-hydrogen) atoms. The number of sulfone groups is 1. The molecule has 0 N–H and O–H groups in total. The molecular formula is C13H12O2S2. The van der Waals surface area contributed by atoms with Gasteiger partial charge in [0.15, 0.2) is 9.84 Å². The Morgan fingerprint density at radius 3 is 2.41 bits per heavy atom. The number of thiophene rings is 1. The van der Waals surface area contributed by atoms with E-state index in [4.69, 9.17) is 0 Å². The molecule has 2 aromatic rings. The molecule has 0 fully saturated rings. The summed E-state index contributed by atoms with van der Waals surface area (Å²) in [7, 11) is -3.28. The van der Waals surface area contributed by atoms with Gasteiger partial charge in [0.1, 0.15) is 0 Å². The zero-order valence-electron chi connectivity index (χ0n) is 9.17. The summed E-state index contributed by atoms with van der Waals surface area (Å²) in [4.78, 5) is 1.27. The third-order valence-electron chi connectivity index (χ3n) is 2.34. The highest BCUT2D eigenvalue weighted by molar-refractivity contribution is 7.91. The van der Waals surface area contributed by atoms with Crippen LogP contribution < -0.4 is 0 Å². The molecular weight excluding hydrogens is 252 g/mol. The van der Waals surface area contributed by atoms with Crippen molar-refractivity contribution in [3.63, 3.8) is 0 Å². The van der Waals surface area contributed by atoms with Crippen LogP contribution in [0.15, 0.2) is 59.3 Å². The van der Waals surface area contributed by atoms with E-state index in [1.54, 1.807) is 30.3 Å². The van der Waals surface area contributed by atoms with Crippen LogP contribution in [0.3, 0.4) is 0 Å². The molecule has 4 heteroatoms. The Hall–Kier alpha value is -1.39. The van der Waals surface area contributed by atoms with Crippen molar-refractivity contribution in [3.05, 3.63) is 59.3 Å². The number of hydrogen-bond donors (Lipinski definition) is 0. The SMILES string of the molecule is C=C(CS(=O)(=O)c1ccccc1)c1cccs1. The van der Waals surface area contributed by atoms with Gasteiger partial charge in [-0.25, -0.2) is 8.42 Å². The van der Waals surface area contributed by atoms with Crippen molar-refractivity contribution in [2.24, 2.45) is 0 Å². The van der Waals surface area contributed by atoms with Crippen LogP contribution in [0, 0.1) is 0 Å². The Labute approximate surface area is 105 Å². The topological polar surface area (TPSA) is 34.1 Å². The lowest BCUT2D eigenvalue weighted by molar-refractivity contribution is 0.599. The monoisotopic (exact) mass is 264 g/mol. The Bertz CT molecular complexity index is 596. The Kier molecular flexibility index (Phi) is 3.45. The summed E-state index contributed by atoms with van der Waals surface area (Å²) < 4.78 is 24.2. The molecule has 1 aromatic carbocycles. The molecule has 0 unspecified atom stereocenters. The van der Waals surface area contributed by atoms with E-state index in [0.717, 1.165) is 4.88 Å². The maximum absolute atomic E-state index is 12.1. The first kappa shape index (κ1) is 12.1. The number of hydrogen-bond acceptors (Lipinski definition) is 3. The quantitative estimate of drug-likeness (QED) is 0.849. The van der Waals surface area contributed by atoms with E-state index in [2.05, 4.69) is 6.58 Å². The molecule has 0 amide bonds. The van der Waals surface area contributed by atoms with Gasteiger partial charge in [-0.3, -0.25) is 0 Å². The highest BCUT2D eigenvalue weighted by Gasteiger charge is 2.16. The first-order chi connectivity index (χ1) is 8.09. The second-order valence-electron chi connectivity index (χ2n) is 3.65. The van der Waals surface area contributed by atoms with Crippen LogP contribution in [0.5, 0.6) is 0 Å². The molecule has 1 aromatic heterocycles. The van der Waals surface area contributed by atoms with Gasteiger partial charge in [-0.2, -0.15) is 0 Å². The van der Waals surface area contributed by atoms with Crippen LogP contribution in [0.25, 0.3) is 5.57 Å². The standard InChI is InChI=1S/C13H12O2S2/c1-11(13-8-5-9-16-13)10-17(14,15)12-6-3-2-4-7-12/h2-9H,1,10H2. The van der Waals surface area contributed by atoms with Gasteiger partial charge in [0.2, 0.25) is 0 Å². The van der Waals surface area contributed by atoms with Crippen molar-refractivity contribution in [1.82, 2.24) is 0 Å².